The number of aryl methyl sites for hydroxylation is 1. The van der Waals surface area contributed by atoms with E-state index in [0.717, 1.165) is 23.8 Å². The highest BCUT2D eigenvalue weighted by atomic mass is 35.5. The van der Waals surface area contributed by atoms with E-state index in [1.807, 2.05) is 39.8 Å². The number of halogens is 2. The van der Waals surface area contributed by atoms with Crippen molar-refractivity contribution < 1.29 is 18.0 Å². The van der Waals surface area contributed by atoms with Gasteiger partial charge in [0.1, 0.15) is 6.04 Å². The van der Waals surface area contributed by atoms with Crippen LogP contribution in [0.3, 0.4) is 0 Å². The number of nitrogens with zero attached hydrogens (tertiary/aromatic N) is 2. The quantitative estimate of drug-likeness (QED) is 0.341. The number of sulfonamides is 1. The predicted octanol–water partition coefficient (Wildman–Crippen LogP) is 5.57. The fourth-order valence-electron chi connectivity index (χ4n) is 3.98. The van der Waals surface area contributed by atoms with Crippen molar-refractivity contribution in [2.75, 3.05) is 17.1 Å². The van der Waals surface area contributed by atoms with Gasteiger partial charge in [-0.25, -0.2) is 8.42 Å². The molecule has 0 aromatic heterocycles. The van der Waals surface area contributed by atoms with Gasteiger partial charge in [0.05, 0.1) is 11.9 Å². The van der Waals surface area contributed by atoms with Crippen molar-refractivity contribution in [3.63, 3.8) is 0 Å². The second kappa shape index (κ2) is 14.0. The Morgan fingerprint density at radius 2 is 1.62 bits per heavy atom. The van der Waals surface area contributed by atoms with Gasteiger partial charge < -0.3 is 10.2 Å². The van der Waals surface area contributed by atoms with Gasteiger partial charge >= 0.3 is 0 Å². The van der Waals surface area contributed by atoms with Crippen LogP contribution >= 0.6 is 23.2 Å². The molecular formula is C27H37Cl2N3O4S. The second-order valence-electron chi connectivity index (χ2n) is 9.26. The standard InChI is InChI=1S/C27H37Cl2N3O4S/c1-6-20(4)30-27(34)24(7-2)31(18-21-11-14-22(28)15-12-21)26(33)9-8-16-32(37(5,35)36)25-17-23(29)13-10-19(25)3/h10-15,17,20,24H,6-9,16,18H2,1-5H3,(H,30,34)/t20-,24+/m0/s1. The summed E-state index contributed by atoms with van der Waals surface area (Å²) in [6, 6.07) is 11.6. The fourth-order valence-corrected chi connectivity index (χ4v) is 5.29. The highest BCUT2D eigenvalue weighted by Gasteiger charge is 2.29. The number of carbonyl (C=O) groups is 2. The number of rotatable bonds is 13. The Hall–Kier alpha value is -2.29. The molecule has 37 heavy (non-hydrogen) atoms. The van der Waals surface area contributed by atoms with Gasteiger partial charge in [0, 0.05) is 35.6 Å². The Morgan fingerprint density at radius 1 is 1.00 bits per heavy atom. The van der Waals surface area contributed by atoms with Crippen LogP contribution in [0.4, 0.5) is 5.69 Å². The first-order chi connectivity index (χ1) is 17.4. The van der Waals surface area contributed by atoms with Crippen LogP contribution in [-0.4, -0.2) is 50.0 Å². The van der Waals surface area contributed by atoms with Gasteiger partial charge in [0.25, 0.3) is 0 Å². The number of carbonyl (C=O) groups excluding carboxylic acids is 2. The van der Waals surface area contributed by atoms with Gasteiger partial charge in [-0.3, -0.25) is 13.9 Å². The Morgan fingerprint density at radius 3 is 2.19 bits per heavy atom. The molecule has 0 heterocycles. The lowest BCUT2D eigenvalue weighted by Crippen LogP contribution is -2.50. The Labute approximate surface area is 231 Å². The van der Waals surface area contributed by atoms with Crippen LogP contribution in [0.1, 0.15) is 57.6 Å². The third-order valence-electron chi connectivity index (χ3n) is 6.25. The van der Waals surface area contributed by atoms with E-state index in [2.05, 4.69) is 5.32 Å². The zero-order chi connectivity index (χ0) is 27.8. The van der Waals surface area contributed by atoms with E-state index < -0.39 is 16.1 Å². The summed E-state index contributed by atoms with van der Waals surface area (Å²) in [5, 5.41) is 4.00. The molecule has 0 aliphatic rings. The van der Waals surface area contributed by atoms with E-state index in [4.69, 9.17) is 23.2 Å². The Bertz CT molecular complexity index is 1170. The minimum absolute atomic E-state index is 0.0155. The molecule has 204 valence electrons. The normalized spacial score (nSPS) is 13.1. The lowest BCUT2D eigenvalue weighted by atomic mass is 10.1. The molecule has 2 amide bonds. The maximum atomic E-state index is 13.5. The van der Waals surface area contributed by atoms with E-state index in [9.17, 15) is 18.0 Å². The van der Waals surface area contributed by atoms with Crippen molar-refractivity contribution in [3.8, 4) is 0 Å². The molecule has 0 aliphatic heterocycles. The van der Waals surface area contributed by atoms with Gasteiger partial charge in [-0.05, 0) is 68.5 Å². The SMILES string of the molecule is CC[C@H](C(=O)N[C@@H](C)CC)N(Cc1ccc(Cl)cc1)C(=O)CCCN(c1cc(Cl)ccc1C)S(C)(=O)=O. The Balaban J connectivity index is 2.25. The summed E-state index contributed by atoms with van der Waals surface area (Å²) in [6.07, 6.45) is 2.70. The smallest absolute Gasteiger partial charge is 0.243 e. The van der Waals surface area contributed by atoms with Crippen molar-refractivity contribution in [2.45, 2.75) is 72.0 Å². The van der Waals surface area contributed by atoms with E-state index in [-0.39, 0.29) is 43.8 Å². The predicted molar refractivity (Wildman–Crippen MR) is 152 cm³/mol. The summed E-state index contributed by atoms with van der Waals surface area (Å²) in [6.45, 7) is 7.94. The first-order valence-corrected chi connectivity index (χ1v) is 15.1. The average Bonchev–Trinajstić information content (AvgIpc) is 2.83. The van der Waals surface area contributed by atoms with Crippen LogP contribution in [0.2, 0.25) is 10.0 Å². The van der Waals surface area contributed by atoms with Gasteiger partial charge in [0.2, 0.25) is 21.8 Å². The summed E-state index contributed by atoms with van der Waals surface area (Å²) in [4.78, 5) is 28.1. The van der Waals surface area contributed by atoms with E-state index in [1.165, 1.54) is 4.31 Å². The molecule has 10 heteroatoms. The number of amides is 2. The van der Waals surface area contributed by atoms with E-state index in [1.54, 1.807) is 35.2 Å². The highest BCUT2D eigenvalue weighted by Crippen LogP contribution is 2.27. The molecular weight excluding hydrogens is 533 g/mol. The summed E-state index contributed by atoms with van der Waals surface area (Å²) < 4.78 is 26.4. The lowest BCUT2D eigenvalue weighted by molar-refractivity contribution is -0.141. The highest BCUT2D eigenvalue weighted by molar-refractivity contribution is 7.92. The fraction of sp³-hybridized carbons (Fsp3) is 0.481. The van der Waals surface area contributed by atoms with Crippen molar-refractivity contribution in [1.82, 2.24) is 10.2 Å². The molecule has 2 aromatic carbocycles. The number of benzene rings is 2. The lowest BCUT2D eigenvalue weighted by Gasteiger charge is -2.32. The van der Waals surface area contributed by atoms with Gasteiger partial charge in [-0.1, -0.05) is 55.2 Å². The van der Waals surface area contributed by atoms with Crippen LogP contribution in [-0.2, 0) is 26.2 Å². The molecule has 1 N–H and O–H groups in total. The summed E-state index contributed by atoms with van der Waals surface area (Å²) in [7, 11) is -3.61. The molecule has 0 unspecified atom stereocenters. The monoisotopic (exact) mass is 569 g/mol. The maximum absolute atomic E-state index is 13.5. The van der Waals surface area contributed by atoms with Crippen molar-refractivity contribution in [1.29, 1.82) is 0 Å². The number of hydrogen-bond acceptors (Lipinski definition) is 4. The van der Waals surface area contributed by atoms with Gasteiger partial charge in [0.15, 0.2) is 0 Å². The van der Waals surface area contributed by atoms with Crippen molar-refractivity contribution in [2.24, 2.45) is 0 Å². The molecule has 0 fully saturated rings. The van der Waals surface area contributed by atoms with Gasteiger partial charge in [-0.15, -0.1) is 0 Å². The molecule has 2 rings (SSSR count). The molecule has 2 atom stereocenters. The van der Waals surface area contributed by atoms with Crippen LogP contribution in [0.15, 0.2) is 42.5 Å². The van der Waals surface area contributed by atoms with Crippen LogP contribution < -0.4 is 9.62 Å². The molecule has 7 nitrogen and oxygen atoms in total. The number of nitrogens with one attached hydrogen (secondary N) is 1. The first kappa shape index (κ1) is 30.9. The summed E-state index contributed by atoms with van der Waals surface area (Å²) >= 11 is 12.1. The van der Waals surface area contributed by atoms with Crippen LogP contribution in [0.25, 0.3) is 0 Å². The molecule has 0 bridgehead atoms. The molecule has 2 aromatic rings. The van der Waals surface area contributed by atoms with Gasteiger partial charge in [-0.2, -0.15) is 0 Å². The molecule has 0 radical (unpaired) electrons. The van der Waals surface area contributed by atoms with Crippen LogP contribution in [0, 0.1) is 6.92 Å². The third kappa shape index (κ3) is 9.20. The topological polar surface area (TPSA) is 86.8 Å². The van der Waals surface area contributed by atoms with Crippen LogP contribution in [0.5, 0.6) is 0 Å². The Kier molecular flexibility index (Phi) is 11.7. The molecule has 0 spiro atoms. The molecule has 0 aliphatic carbocycles. The largest absolute Gasteiger partial charge is 0.352 e. The molecule has 0 saturated carbocycles. The summed E-state index contributed by atoms with van der Waals surface area (Å²) in [5.41, 5.74) is 2.10. The van der Waals surface area contributed by atoms with Crippen molar-refractivity contribution in [3.05, 3.63) is 63.6 Å². The minimum Gasteiger partial charge on any atom is -0.352 e. The van der Waals surface area contributed by atoms with Crippen molar-refractivity contribution >= 4 is 50.7 Å². The van der Waals surface area contributed by atoms with E-state index >= 15 is 0 Å². The minimum atomic E-state index is -3.61. The maximum Gasteiger partial charge on any atom is 0.243 e. The number of hydrogen-bond donors (Lipinski definition) is 1. The first-order valence-electron chi connectivity index (χ1n) is 12.5. The average molecular weight is 571 g/mol. The number of anilines is 1. The third-order valence-corrected chi connectivity index (χ3v) is 7.91. The molecule has 0 saturated heterocycles. The second-order valence-corrected chi connectivity index (χ2v) is 12.0. The van der Waals surface area contributed by atoms with E-state index in [0.29, 0.717) is 22.2 Å². The zero-order valence-corrected chi connectivity index (χ0v) is 24.5. The summed E-state index contributed by atoms with van der Waals surface area (Å²) in [5.74, 6) is -0.427. The zero-order valence-electron chi connectivity index (χ0n) is 22.1.